The number of rotatable bonds is 2. The molecule has 1 heterocycles. The number of nitrogens with zero attached hydrogens (tertiary/aromatic N) is 1. The minimum absolute atomic E-state index is 0.445. The van der Waals surface area contributed by atoms with Crippen molar-refractivity contribution in [3.05, 3.63) is 0 Å². The average molecular weight is 187 g/mol. The van der Waals surface area contributed by atoms with Crippen LogP contribution in [0.5, 0.6) is 0 Å². The second kappa shape index (κ2) is 4.41. The minimum Gasteiger partial charge on any atom is -0.295 e. The van der Waals surface area contributed by atoms with Crippen LogP contribution in [0.25, 0.3) is 0 Å². The summed E-state index contributed by atoms with van der Waals surface area (Å²) in [5, 5.41) is 0. The standard InChI is InChI=1S/C9H16FN.C2H6/c1-2-9(4-5-9)11-6-3-8(10)7-11;1-2/h8H,2-7H2,1H3;1-2H3. The highest BCUT2D eigenvalue weighted by Crippen LogP contribution is 2.46. The topological polar surface area (TPSA) is 3.24 Å². The van der Waals surface area contributed by atoms with Gasteiger partial charge in [0.2, 0.25) is 0 Å². The van der Waals surface area contributed by atoms with Crippen molar-refractivity contribution in [2.24, 2.45) is 0 Å². The van der Waals surface area contributed by atoms with E-state index in [1.54, 1.807) is 0 Å². The molecule has 0 radical (unpaired) electrons. The van der Waals surface area contributed by atoms with Crippen molar-refractivity contribution in [3.8, 4) is 0 Å². The van der Waals surface area contributed by atoms with E-state index in [0.717, 1.165) is 13.0 Å². The summed E-state index contributed by atoms with van der Waals surface area (Å²) < 4.78 is 12.8. The SMILES string of the molecule is CC.CCC1(N2CCC(F)C2)CC1. The maximum Gasteiger partial charge on any atom is 0.114 e. The molecule has 1 unspecified atom stereocenters. The van der Waals surface area contributed by atoms with E-state index in [0.29, 0.717) is 12.1 Å². The third-order valence-corrected chi connectivity index (χ3v) is 3.29. The highest BCUT2D eigenvalue weighted by Gasteiger charge is 2.48. The fraction of sp³-hybridized carbons (Fsp3) is 1.00. The van der Waals surface area contributed by atoms with Crippen molar-refractivity contribution < 1.29 is 4.39 Å². The monoisotopic (exact) mass is 187 g/mol. The molecule has 2 heteroatoms. The average Bonchev–Trinajstić information content (AvgIpc) is 2.87. The van der Waals surface area contributed by atoms with E-state index < -0.39 is 6.17 Å². The maximum atomic E-state index is 12.8. The minimum atomic E-state index is -0.543. The summed E-state index contributed by atoms with van der Waals surface area (Å²) in [5.74, 6) is 0. The number of hydrogen-bond acceptors (Lipinski definition) is 1. The van der Waals surface area contributed by atoms with Crippen molar-refractivity contribution in [1.29, 1.82) is 0 Å². The molecule has 1 aliphatic carbocycles. The summed E-state index contributed by atoms with van der Waals surface area (Å²) in [6, 6.07) is 0. The molecule has 0 N–H and O–H groups in total. The molecule has 0 aromatic carbocycles. The van der Waals surface area contributed by atoms with Crippen LogP contribution < -0.4 is 0 Å². The fourth-order valence-corrected chi connectivity index (χ4v) is 2.19. The Labute approximate surface area is 81.3 Å². The molecular formula is C11H22FN. The van der Waals surface area contributed by atoms with Gasteiger partial charge in [-0.2, -0.15) is 0 Å². The molecule has 1 saturated carbocycles. The predicted octanol–water partition coefficient (Wildman–Crippen LogP) is 3.00. The Morgan fingerprint density at radius 2 is 2.00 bits per heavy atom. The fourth-order valence-electron chi connectivity index (χ4n) is 2.19. The van der Waals surface area contributed by atoms with Crippen molar-refractivity contribution in [3.63, 3.8) is 0 Å². The van der Waals surface area contributed by atoms with Crippen LogP contribution in [0.2, 0.25) is 0 Å². The second-order valence-electron chi connectivity index (χ2n) is 3.91. The molecule has 1 saturated heterocycles. The molecular weight excluding hydrogens is 165 g/mol. The first-order chi connectivity index (χ1) is 6.27. The third kappa shape index (κ3) is 2.22. The van der Waals surface area contributed by atoms with E-state index in [1.807, 2.05) is 13.8 Å². The Morgan fingerprint density at radius 3 is 2.31 bits per heavy atom. The Balaban J connectivity index is 0.000000396. The molecule has 1 atom stereocenters. The van der Waals surface area contributed by atoms with Gasteiger partial charge in [-0.05, 0) is 25.7 Å². The van der Waals surface area contributed by atoms with E-state index in [9.17, 15) is 4.39 Å². The maximum absolute atomic E-state index is 12.8. The van der Waals surface area contributed by atoms with Crippen molar-refractivity contribution >= 4 is 0 Å². The molecule has 1 nitrogen and oxygen atoms in total. The molecule has 2 aliphatic rings. The summed E-state index contributed by atoms with van der Waals surface area (Å²) in [5.41, 5.74) is 0.445. The normalized spacial score (nSPS) is 30.9. The van der Waals surface area contributed by atoms with E-state index in [-0.39, 0.29) is 0 Å². The van der Waals surface area contributed by atoms with Crippen LogP contribution in [0.4, 0.5) is 4.39 Å². The molecule has 0 aromatic heterocycles. The van der Waals surface area contributed by atoms with Crippen LogP contribution in [-0.4, -0.2) is 29.7 Å². The predicted molar refractivity (Wildman–Crippen MR) is 54.7 cm³/mol. The van der Waals surface area contributed by atoms with E-state index in [2.05, 4.69) is 11.8 Å². The van der Waals surface area contributed by atoms with Crippen molar-refractivity contribution in [2.75, 3.05) is 13.1 Å². The van der Waals surface area contributed by atoms with Gasteiger partial charge in [-0.15, -0.1) is 0 Å². The molecule has 0 spiro atoms. The van der Waals surface area contributed by atoms with Crippen LogP contribution in [-0.2, 0) is 0 Å². The molecule has 0 amide bonds. The first-order valence-corrected chi connectivity index (χ1v) is 5.66. The molecule has 1 aliphatic heterocycles. The Bertz CT molecular complexity index is 154. The smallest absolute Gasteiger partial charge is 0.114 e. The summed E-state index contributed by atoms with van der Waals surface area (Å²) in [4.78, 5) is 2.36. The molecule has 13 heavy (non-hydrogen) atoms. The van der Waals surface area contributed by atoms with Crippen molar-refractivity contribution in [1.82, 2.24) is 4.90 Å². The summed E-state index contributed by atoms with van der Waals surface area (Å²) in [6.45, 7) is 7.92. The summed E-state index contributed by atoms with van der Waals surface area (Å²) in [7, 11) is 0. The van der Waals surface area contributed by atoms with Gasteiger partial charge in [0, 0.05) is 18.6 Å². The lowest BCUT2D eigenvalue weighted by atomic mass is 10.2. The Kier molecular flexibility index (Phi) is 3.72. The van der Waals surface area contributed by atoms with Gasteiger partial charge >= 0.3 is 0 Å². The third-order valence-electron chi connectivity index (χ3n) is 3.29. The first-order valence-electron chi connectivity index (χ1n) is 5.66. The van der Waals surface area contributed by atoms with Crippen LogP contribution in [0.15, 0.2) is 0 Å². The lowest BCUT2D eigenvalue weighted by molar-refractivity contribution is 0.196. The lowest BCUT2D eigenvalue weighted by Crippen LogP contribution is -2.34. The first kappa shape index (κ1) is 11.0. The summed E-state index contributed by atoms with van der Waals surface area (Å²) in [6.07, 6.45) is 4.03. The van der Waals surface area contributed by atoms with Gasteiger partial charge in [-0.3, -0.25) is 4.90 Å². The van der Waals surface area contributed by atoms with Crippen LogP contribution in [0.3, 0.4) is 0 Å². The Hall–Kier alpha value is -0.110. The van der Waals surface area contributed by atoms with Gasteiger partial charge in [0.15, 0.2) is 0 Å². The van der Waals surface area contributed by atoms with Gasteiger partial charge in [0.25, 0.3) is 0 Å². The van der Waals surface area contributed by atoms with Crippen LogP contribution in [0, 0.1) is 0 Å². The lowest BCUT2D eigenvalue weighted by Gasteiger charge is -2.25. The number of likely N-dealkylation sites (tertiary alicyclic amines) is 1. The van der Waals surface area contributed by atoms with E-state index in [1.165, 1.54) is 19.3 Å². The number of halogens is 1. The molecule has 2 fully saturated rings. The van der Waals surface area contributed by atoms with E-state index in [4.69, 9.17) is 0 Å². The van der Waals surface area contributed by atoms with Gasteiger partial charge in [-0.1, -0.05) is 20.8 Å². The van der Waals surface area contributed by atoms with Crippen LogP contribution >= 0.6 is 0 Å². The largest absolute Gasteiger partial charge is 0.295 e. The molecule has 2 rings (SSSR count). The molecule has 78 valence electrons. The van der Waals surface area contributed by atoms with Crippen LogP contribution in [0.1, 0.15) is 46.5 Å². The van der Waals surface area contributed by atoms with Gasteiger partial charge < -0.3 is 0 Å². The highest BCUT2D eigenvalue weighted by molar-refractivity contribution is 5.04. The zero-order chi connectivity index (χ0) is 9.90. The van der Waals surface area contributed by atoms with E-state index >= 15 is 0 Å². The second-order valence-corrected chi connectivity index (χ2v) is 3.91. The summed E-state index contributed by atoms with van der Waals surface area (Å²) >= 11 is 0. The van der Waals surface area contributed by atoms with Gasteiger partial charge in [-0.25, -0.2) is 4.39 Å². The van der Waals surface area contributed by atoms with Gasteiger partial charge in [0.05, 0.1) is 0 Å². The molecule has 0 aromatic rings. The quantitative estimate of drug-likeness (QED) is 0.642. The zero-order valence-electron chi connectivity index (χ0n) is 9.15. The number of hydrogen-bond donors (Lipinski definition) is 0. The Morgan fingerprint density at radius 1 is 1.38 bits per heavy atom. The number of alkyl halides is 1. The highest BCUT2D eigenvalue weighted by atomic mass is 19.1. The zero-order valence-corrected chi connectivity index (χ0v) is 9.15. The molecule has 0 bridgehead atoms. The van der Waals surface area contributed by atoms with Gasteiger partial charge in [0.1, 0.15) is 6.17 Å². The van der Waals surface area contributed by atoms with Crippen molar-refractivity contribution in [2.45, 2.75) is 58.2 Å².